The molecule has 16 heavy (non-hydrogen) atoms. The fourth-order valence-corrected chi connectivity index (χ4v) is 1.05. The first-order chi connectivity index (χ1) is 7.29. The van der Waals surface area contributed by atoms with Gasteiger partial charge < -0.3 is 16.3 Å². The summed E-state index contributed by atoms with van der Waals surface area (Å²) in [5.41, 5.74) is 4.98. The summed E-state index contributed by atoms with van der Waals surface area (Å²) in [6.07, 6.45) is 1.39. The monoisotopic (exact) mass is 229 g/mol. The largest absolute Gasteiger partial charge is 0.409 e. The Balaban J connectivity index is 4.00. The first kappa shape index (κ1) is 14.7. The number of rotatable bonds is 6. The molecule has 0 heterocycles. The third kappa shape index (κ3) is 5.58. The zero-order valence-electron chi connectivity index (χ0n) is 10.6. The van der Waals surface area contributed by atoms with E-state index >= 15 is 0 Å². The molecular weight excluding hydrogens is 206 g/mol. The zero-order valence-corrected chi connectivity index (χ0v) is 10.6. The molecule has 0 aliphatic rings. The van der Waals surface area contributed by atoms with Gasteiger partial charge in [-0.25, -0.2) is 0 Å². The van der Waals surface area contributed by atoms with Gasteiger partial charge in [-0.1, -0.05) is 32.9 Å². The number of nitrogens with two attached hydrogens (primary N) is 1. The van der Waals surface area contributed by atoms with Crippen LogP contribution in [0.15, 0.2) is 5.16 Å². The molecule has 0 aliphatic heterocycles. The Morgan fingerprint density at radius 3 is 2.50 bits per heavy atom. The molecule has 0 atom stereocenters. The molecule has 0 aromatic rings. The summed E-state index contributed by atoms with van der Waals surface area (Å²) in [7, 11) is 0. The van der Waals surface area contributed by atoms with Crippen molar-refractivity contribution >= 4 is 11.7 Å². The van der Waals surface area contributed by atoms with Gasteiger partial charge >= 0.3 is 0 Å². The molecule has 0 unspecified atom stereocenters. The average molecular weight is 229 g/mol. The molecule has 1 amide bonds. The van der Waals surface area contributed by atoms with Crippen molar-refractivity contribution in [1.29, 1.82) is 0 Å². The van der Waals surface area contributed by atoms with Crippen molar-refractivity contribution in [3.63, 3.8) is 0 Å². The number of hydrogen-bond donors (Lipinski definition) is 3. The number of nitrogens with one attached hydrogen (secondary N) is 1. The van der Waals surface area contributed by atoms with Crippen molar-refractivity contribution in [3.8, 4) is 0 Å². The van der Waals surface area contributed by atoms with Gasteiger partial charge in [-0.2, -0.15) is 0 Å². The number of hydrogen-bond acceptors (Lipinski definition) is 3. The molecular formula is C11H23N3O2. The number of oxime groups is 1. The van der Waals surface area contributed by atoms with Crippen molar-refractivity contribution in [2.24, 2.45) is 22.2 Å². The number of carbonyl (C=O) groups excluding carboxylic acids is 1. The van der Waals surface area contributed by atoms with Gasteiger partial charge in [0.05, 0.1) is 0 Å². The van der Waals surface area contributed by atoms with E-state index in [2.05, 4.69) is 24.3 Å². The van der Waals surface area contributed by atoms with Crippen LogP contribution < -0.4 is 11.1 Å². The van der Waals surface area contributed by atoms with Crippen LogP contribution in [-0.2, 0) is 4.79 Å². The smallest absolute Gasteiger partial charge is 0.220 e. The molecule has 0 rings (SSSR count). The number of nitrogens with zero attached hydrogens (tertiary/aromatic N) is 1. The van der Waals surface area contributed by atoms with E-state index in [-0.39, 0.29) is 11.7 Å². The summed E-state index contributed by atoms with van der Waals surface area (Å²) in [6, 6.07) is 0. The van der Waals surface area contributed by atoms with Crippen LogP contribution in [-0.4, -0.2) is 23.5 Å². The zero-order chi connectivity index (χ0) is 12.8. The van der Waals surface area contributed by atoms with Crippen LogP contribution in [0.4, 0.5) is 0 Å². The van der Waals surface area contributed by atoms with Crippen LogP contribution in [0.5, 0.6) is 0 Å². The number of amides is 1. The minimum Gasteiger partial charge on any atom is -0.409 e. The van der Waals surface area contributed by atoms with Crippen molar-refractivity contribution in [1.82, 2.24) is 5.32 Å². The maximum absolute atomic E-state index is 11.5. The normalized spacial score (nSPS) is 12.9. The molecule has 0 saturated heterocycles. The van der Waals surface area contributed by atoms with E-state index in [1.807, 2.05) is 13.8 Å². The van der Waals surface area contributed by atoms with E-state index < -0.39 is 5.41 Å². The highest BCUT2D eigenvalue weighted by Crippen LogP contribution is 2.13. The molecule has 94 valence electrons. The first-order valence-corrected chi connectivity index (χ1v) is 5.54. The van der Waals surface area contributed by atoms with Gasteiger partial charge in [-0.15, -0.1) is 0 Å². The van der Waals surface area contributed by atoms with Crippen molar-refractivity contribution in [2.45, 2.75) is 40.5 Å². The van der Waals surface area contributed by atoms with Crippen molar-refractivity contribution in [3.05, 3.63) is 0 Å². The molecule has 0 saturated carbocycles. The summed E-state index contributed by atoms with van der Waals surface area (Å²) in [5.74, 6) is 0.645. The van der Waals surface area contributed by atoms with Gasteiger partial charge in [-0.3, -0.25) is 4.79 Å². The highest BCUT2D eigenvalue weighted by Gasteiger charge is 2.24. The third-order valence-electron chi connectivity index (χ3n) is 2.48. The van der Waals surface area contributed by atoms with E-state index in [1.54, 1.807) is 0 Å². The maximum Gasteiger partial charge on any atom is 0.220 e. The van der Waals surface area contributed by atoms with Gasteiger partial charge in [0.15, 0.2) is 0 Å². The molecule has 0 aromatic carbocycles. The third-order valence-corrected chi connectivity index (χ3v) is 2.48. The molecule has 0 fully saturated rings. The van der Waals surface area contributed by atoms with E-state index in [0.29, 0.717) is 18.9 Å². The summed E-state index contributed by atoms with van der Waals surface area (Å²) < 4.78 is 0. The first-order valence-electron chi connectivity index (χ1n) is 5.54. The topological polar surface area (TPSA) is 87.7 Å². The van der Waals surface area contributed by atoms with Gasteiger partial charge in [0.1, 0.15) is 5.84 Å². The highest BCUT2D eigenvalue weighted by atomic mass is 16.4. The lowest BCUT2D eigenvalue weighted by molar-refractivity contribution is -0.121. The van der Waals surface area contributed by atoms with Crippen LogP contribution in [0.25, 0.3) is 0 Å². The maximum atomic E-state index is 11.5. The lowest BCUT2D eigenvalue weighted by Crippen LogP contribution is -2.42. The molecule has 0 aromatic heterocycles. The Bertz CT molecular complexity index is 260. The second-order valence-electron chi connectivity index (χ2n) is 5.08. The molecule has 5 heteroatoms. The minimum absolute atomic E-state index is 0.00696. The fraction of sp³-hybridized carbons (Fsp3) is 0.818. The Labute approximate surface area is 97.1 Å². The van der Waals surface area contributed by atoms with Gasteiger partial charge in [0, 0.05) is 18.4 Å². The van der Waals surface area contributed by atoms with Crippen LogP contribution in [0.1, 0.15) is 40.5 Å². The second-order valence-corrected chi connectivity index (χ2v) is 5.08. The van der Waals surface area contributed by atoms with Crippen LogP contribution in [0.2, 0.25) is 0 Å². The molecule has 0 aliphatic carbocycles. The standard InChI is InChI=1S/C11H23N3O2/c1-8(2)5-6-9(15)13-7-11(3,4)10(12)14-16/h8,16H,5-7H2,1-4H3,(H2,12,14)(H,13,15). The van der Waals surface area contributed by atoms with Crippen LogP contribution >= 0.6 is 0 Å². The number of amidine groups is 1. The average Bonchev–Trinajstić information content (AvgIpc) is 2.22. The summed E-state index contributed by atoms with van der Waals surface area (Å²) >= 11 is 0. The highest BCUT2D eigenvalue weighted by molar-refractivity contribution is 5.86. The lowest BCUT2D eigenvalue weighted by atomic mass is 9.92. The second kappa shape index (κ2) is 6.35. The van der Waals surface area contributed by atoms with Gasteiger partial charge in [0.2, 0.25) is 5.91 Å². The molecule has 5 nitrogen and oxygen atoms in total. The summed E-state index contributed by atoms with van der Waals surface area (Å²) in [5, 5.41) is 14.3. The van der Waals surface area contributed by atoms with E-state index in [1.165, 1.54) is 0 Å². The predicted molar refractivity (Wildman–Crippen MR) is 64.3 cm³/mol. The quantitative estimate of drug-likeness (QED) is 0.278. The Kier molecular flexibility index (Phi) is 5.85. The van der Waals surface area contributed by atoms with Crippen molar-refractivity contribution in [2.75, 3.05) is 6.54 Å². The molecule has 0 radical (unpaired) electrons. The Hall–Kier alpha value is -1.26. The SMILES string of the molecule is CC(C)CCC(=O)NCC(C)(C)C(N)=NO. The Morgan fingerprint density at radius 1 is 1.50 bits per heavy atom. The summed E-state index contributed by atoms with van der Waals surface area (Å²) in [6.45, 7) is 8.15. The fourth-order valence-electron chi connectivity index (χ4n) is 1.05. The van der Waals surface area contributed by atoms with Gasteiger partial charge in [0.25, 0.3) is 0 Å². The predicted octanol–water partition coefficient (Wildman–Crippen LogP) is 1.31. The van der Waals surface area contributed by atoms with Crippen LogP contribution in [0, 0.1) is 11.3 Å². The van der Waals surface area contributed by atoms with E-state index in [0.717, 1.165) is 6.42 Å². The lowest BCUT2D eigenvalue weighted by Gasteiger charge is -2.23. The van der Waals surface area contributed by atoms with Crippen LogP contribution in [0.3, 0.4) is 0 Å². The van der Waals surface area contributed by atoms with Gasteiger partial charge in [-0.05, 0) is 12.3 Å². The molecule has 4 N–H and O–H groups in total. The number of carbonyl (C=O) groups is 1. The molecule has 0 spiro atoms. The minimum atomic E-state index is -0.526. The van der Waals surface area contributed by atoms with E-state index in [9.17, 15) is 4.79 Å². The Morgan fingerprint density at radius 2 is 2.06 bits per heavy atom. The summed E-state index contributed by atoms with van der Waals surface area (Å²) in [4.78, 5) is 11.5. The van der Waals surface area contributed by atoms with E-state index in [4.69, 9.17) is 10.9 Å². The van der Waals surface area contributed by atoms with Crippen molar-refractivity contribution < 1.29 is 10.0 Å². The molecule has 0 bridgehead atoms.